The lowest BCUT2D eigenvalue weighted by Crippen LogP contribution is -2.33. The summed E-state index contributed by atoms with van der Waals surface area (Å²) in [7, 11) is 0. The van der Waals surface area contributed by atoms with Crippen LogP contribution in [0.15, 0.2) is 0 Å². The number of hydrogen-bond acceptors (Lipinski definition) is 3. The Morgan fingerprint density at radius 2 is 1.82 bits per heavy atom. The first-order valence-electron chi connectivity index (χ1n) is 7.54. The largest absolute Gasteiger partial charge is 0.315 e. The van der Waals surface area contributed by atoms with Crippen molar-refractivity contribution in [3.05, 3.63) is 0 Å². The first-order chi connectivity index (χ1) is 8.38. The van der Waals surface area contributed by atoms with Crippen molar-refractivity contribution in [3.8, 4) is 0 Å². The molecule has 0 amide bonds. The molecule has 1 N–H and O–H groups in total. The zero-order valence-electron chi connectivity index (χ0n) is 11.5. The van der Waals surface area contributed by atoms with Crippen LogP contribution in [0.1, 0.15) is 32.6 Å². The third kappa shape index (κ3) is 4.57. The van der Waals surface area contributed by atoms with Gasteiger partial charge >= 0.3 is 0 Å². The normalized spacial score (nSPS) is 29.8. The van der Waals surface area contributed by atoms with Gasteiger partial charge in [-0.2, -0.15) is 0 Å². The minimum absolute atomic E-state index is 0.949. The molecule has 0 radical (unpaired) electrons. The first-order valence-corrected chi connectivity index (χ1v) is 7.54. The first kappa shape index (κ1) is 13.3. The van der Waals surface area contributed by atoms with E-state index in [2.05, 4.69) is 22.0 Å². The Balaban J connectivity index is 1.73. The number of nitrogens with zero attached hydrogens (tertiary/aromatic N) is 2. The van der Waals surface area contributed by atoms with Gasteiger partial charge in [-0.05, 0) is 64.3 Å². The van der Waals surface area contributed by atoms with Gasteiger partial charge in [0, 0.05) is 19.6 Å². The van der Waals surface area contributed by atoms with Gasteiger partial charge in [0.2, 0.25) is 0 Å². The molecule has 0 aromatic rings. The quantitative estimate of drug-likeness (QED) is 0.803. The van der Waals surface area contributed by atoms with Crippen LogP contribution in [0.5, 0.6) is 0 Å². The highest BCUT2D eigenvalue weighted by Gasteiger charge is 2.19. The van der Waals surface area contributed by atoms with Gasteiger partial charge in [0.25, 0.3) is 0 Å². The Morgan fingerprint density at radius 1 is 0.941 bits per heavy atom. The van der Waals surface area contributed by atoms with Crippen LogP contribution < -0.4 is 5.32 Å². The van der Waals surface area contributed by atoms with Crippen LogP contribution in [0.4, 0.5) is 0 Å². The van der Waals surface area contributed by atoms with Gasteiger partial charge in [0.1, 0.15) is 0 Å². The molecule has 1 atom stereocenters. The average Bonchev–Trinajstić information content (AvgIpc) is 2.72. The average molecular weight is 239 g/mol. The van der Waals surface area contributed by atoms with Crippen molar-refractivity contribution >= 4 is 0 Å². The highest BCUT2D eigenvalue weighted by Crippen LogP contribution is 2.18. The standard InChI is InChI=1S/C14H29N3/c1-2-16-9-3-5-14(6-11-16)13-17-10-4-7-15-8-12-17/h14-15H,2-13H2,1H3. The zero-order chi connectivity index (χ0) is 11.9. The highest BCUT2D eigenvalue weighted by molar-refractivity contribution is 4.74. The van der Waals surface area contributed by atoms with Gasteiger partial charge < -0.3 is 15.1 Å². The van der Waals surface area contributed by atoms with E-state index in [0.717, 1.165) is 5.92 Å². The van der Waals surface area contributed by atoms with Crippen molar-refractivity contribution in [2.75, 3.05) is 52.4 Å². The van der Waals surface area contributed by atoms with Crippen LogP contribution in [0.25, 0.3) is 0 Å². The molecule has 2 heterocycles. The molecule has 0 aliphatic carbocycles. The Morgan fingerprint density at radius 3 is 2.71 bits per heavy atom. The maximum Gasteiger partial charge on any atom is 0.0107 e. The monoisotopic (exact) mass is 239 g/mol. The molecular weight excluding hydrogens is 210 g/mol. The van der Waals surface area contributed by atoms with E-state index in [9.17, 15) is 0 Å². The molecule has 0 spiro atoms. The summed E-state index contributed by atoms with van der Waals surface area (Å²) in [6.07, 6.45) is 5.59. The fourth-order valence-corrected chi connectivity index (χ4v) is 3.17. The second-order valence-corrected chi connectivity index (χ2v) is 5.64. The Kier molecular flexibility index (Phi) is 5.75. The molecule has 2 rings (SSSR count). The molecule has 2 fully saturated rings. The van der Waals surface area contributed by atoms with Crippen LogP contribution >= 0.6 is 0 Å². The van der Waals surface area contributed by atoms with E-state index in [-0.39, 0.29) is 0 Å². The van der Waals surface area contributed by atoms with Gasteiger partial charge in [0.05, 0.1) is 0 Å². The molecule has 3 heteroatoms. The number of hydrogen-bond donors (Lipinski definition) is 1. The highest BCUT2D eigenvalue weighted by atomic mass is 15.2. The molecule has 0 bridgehead atoms. The van der Waals surface area contributed by atoms with Gasteiger partial charge in [-0.1, -0.05) is 6.92 Å². The summed E-state index contributed by atoms with van der Waals surface area (Å²) in [5.74, 6) is 0.949. The zero-order valence-corrected chi connectivity index (χ0v) is 11.5. The van der Waals surface area contributed by atoms with E-state index in [4.69, 9.17) is 0 Å². The van der Waals surface area contributed by atoms with Gasteiger partial charge in [-0.25, -0.2) is 0 Å². The molecule has 17 heavy (non-hydrogen) atoms. The van der Waals surface area contributed by atoms with Crippen LogP contribution in [0.2, 0.25) is 0 Å². The van der Waals surface area contributed by atoms with E-state index in [1.165, 1.54) is 78.0 Å². The van der Waals surface area contributed by atoms with Crippen molar-refractivity contribution in [2.45, 2.75) is 32.6 Å². The lowest BCUT2D eigenvalue weighted by molar-refractivity contribution is 0.227. The number of rotatable bonds is 3. The maximum absolute atomic E-state index is 3.49. The molecular formula is C14H29N3. The lowest BCUT2D eigenvalue weighted by Gasteiger charge is -2.25. The molecule has 3 nitrogen and oxygen atoms in total. The summed E-state index contributed by atoms with van der Waals surface area (Å²) in [4.78, 5) is 5.30. The van der Waals surface area contributed by atoms with Crippen LogP contribution in [-0.2, 0) is 0 Å². The molecule has 0 saturated carbocycles. The molecule has 100 valence electrons. The topological polar surface area (TPSA) is 18.5 Å². The van der Waals surface area contributed by atoms with E-state index < -0.39 is 0 Å². The summed E-state index contributed by atoms with van der Waals surface area (Å²) in [5.41, 5.74) is 0. The summed E-state index contributed by atoms with van der Waals surface area (Å²) in [6, 6.07) is 0. The second kappa shape index (κ2) is 7.34. The molecule has 1 unspecified atom stereocenters. The van der Waals surface area contributed by atoms with Crippen molar-refractivity contribution in [1.29, 1.82) is 0 Å². The Bertz CT molecular complexity index is 200. The number of likely N-dealkylation sites (tertiary alicyclic amines) is 1. The smallest absolute Gasteiger partial charge is 0.0107 e. The Hall–Kier alpha value is -0.120. The van der Waals surface area contributed by atoms with E-state index in [1.807, 2.05) is 0 Å². The fraction of sp³-hybridized carbons (Fsp3) is 1.00. The van der Waals surface area contributed by atoms with E-state index in [1.54, 1.807) is 0 Å². The molecule has 0 aromatic heterocycles. The van der Waals surface area contributed by atoms with Gasteiger partial charge in [-0.3, -0.25) is 0 Å². The second-order valence-electron chi connectivity index (χ2n) is 5.64. The van der Waals surface area contributed by atoms with Crippen molar-refractivity contribution in [3.63, 3.8) is 0 Å². The summed E-state index contributed by atoms with van der Waals surface area (Å²) in [6.45, 7) is 12.5. The predicted molar refractivity (Wildman–Crippen MR) is 73.4 cm³/mol. The van der Waals surface area contributed by atoms with Crippen LogP contribution in [-0.4, -0.2) is 62.2 Å². The van der Waals surface area contributed by atoms with E-state index >= 15 is 0 Å². The van der Waals surface area contributed by atoms with Crippen LogP contribution in [0.3, 0.4) is 0 Å². The Labute approximate surface area is 107 Å². The van der Waals surface area contributed by atoms with E-state index in [0.29, 0.717) is 0 Å². The SMILES string of the molecule is CCN1CCCC(CN2CCCNCC2)CC1. The molecule has 2 aliphatic heterocycles. The minimum Gasteiger partial charge on any atom is -0.315 e. The molecule has 0 aromatic carbocycles. The maximum atomic E-state index is 3.49. The summed E-state index contributed by atoms with van der Waals surface area (Å²) < 4.78 is 0. The third-order valence-corrected chi connectivity index (χ3v) is 4.34. The van der Waals surface area contributed by atoms with Gasteiger partial charge in [0.15, 0.2) is 0 Å². The summed E-state index contributed by atoms with van der Waals surface area (Å²) in [5, 5.41) is 3.49. The third-order valence-electron chi connectivity index (χ3n) is 4.34. The fourth-order valence-electron chi connectivity index (χ4n) is 3.17. The predicted octanol–water partition coefficient (Wildman–Crippen LogP) is 1.40. The summed E-state index contributed by atoms with van der Waals surface area (Å²) >= 11 is 0. The minimum atomic E-state index is 0.949. The van der Waals surface area contributed by atoms with Gasteiger partial charge in [-0.15, -0.1) is 0 Å². The number of nitrogens with one attached hydrogen (secondary N) is 1. The lowest BCUT2D eigenvalue weighted by atomic mass is 10.00. The van der Waals surface area contributed by atoms with Crippen LogP contribution in [0, 0.1) is 5.92 Å². The van der Waals surface area contributed by atoms with Crippen molar-refractivity contribution in [2.24, 2.45) is 5.92 Å². The molecule has 2 aliphatic rings. The molecule has 2 saturated heterocycles. The van der Waals surface area contributed by atoms with Crippen molar-refractivity contribution in [1.82, 2.24) is 15.1 Å². The van der Waals surface area contributed by atoms with Crippen molar-refractivity contribution < 1.29 is 0 Å².